The number of nitrogen functional groups attached to an aromatic ring is 1. The Hall–Kier alpha value is -3.82. The van der Waals surface area contributed by atoms with Crippen molar-refractivity contribution < 1.29 is 17.9 Å². The molecule has 1 aliphatic carbocycles. The maximum atomic E-state index is 14.2. The van der Waals surface area contributed by atoms with E-state index in [0.717, 1.165) is 12.8 Å². The van der Waals surface area contributed by atoms with Crippen LogP contribution in [0.5, 0.6) is 5.75 Å². The molecule has 0 saturated heterocycles. The molecule has 0 amide bonds. The molecule has 2 bridgehead atoms. The first kappa shape index (κ1) is 22.9. The number of fused-ring (bicyclic) bond motifs is 5. The van der Waals surface area contributed by atoms with Gasteiger partial charge in [0.2, 0.25) is 0 Å². The smallest absolute Gasteiger partial charge is 0.282 e. The lowest BCUT2D eigenvalue weighted by Gasteiger charge is -2.19. The molecule has 1 saturated carbocycles. The molecule has 2 aromatic heterocycles. The van der Waals surface area contributed by atoms with Crippen LogP contribution >= 0.6 is 0 Å². The van der Waals surface area contributed by atoms with Crippen molar-refractivity contribution in [2.75, 3.05) is 12.3 Å². The molecule has 0 unspecified atom stereocenters. The zero-order chi connectivity index (χ0) is 24.7. The van der Waals surface area contributed by atoms with E-state index in [0.29, 0.717) is 57.7 Å². The number of halogens is 3. The van der Waals surface area contributed by atoms with Crippen molar-refractivity contribution in [3.8, 4) is 11.4 Å². The first-order valence-electron chi connectivity index (χ1n) is 11.3. The van der Waals surface area contributed by atoms with Crippen molar-refractivity contribution >= 4 is 11.5 Å². The molecule has 1 fully saturated rings. The predicted molar refractivity (Wildman–Crippen MR) is 126 cm³/mol. The molecule has 4 N–H and O–H groups in total. The van der Waals surface area contributed by atoms with Crippen molar-refractivity contribution in [2.24, 2.45) is 16.6 Å². The van der Waals surface area contributed by atoms with Crippen LogP contribution in [0.3, 0.4) is 0 Å². The number of hydrogen-bond acceptors (Lipinski definition) is 6. The first-order valence-corrected chi connectivity index (χ1v) is 11.3. The van der Waals surface area contributed by atoms with Gasteiger partial charge < -0.3 is 16.2 Å². The summed E-state index contributed by atoms with van der Waals surface area (Å²) in [4.78, 5) is 9.14. The van der Waals surface area contributed by atoms with E-state index in [1.807, 2.05) is 0 Å². The maximum Gasteiger partial charge on any atom is 0.282 e. The Balaban J connectivity index is 1.74. The third kappa shape index (κ3) is 4.73. The number of pyridine rings is 1. The van der Waals surface area contributed by atoms with E-state index in [9.17, 15) is 13.2 Å². The van der Waals surface area contributed by atoms with Gasteiger partial charge in [-0.2, -0.15) is 5.10 Å². The Morgan fingerprint density at radius 2 is 2.06 bits per heavy atom. The van der Waals surface area contributed by atoms with Crippen LogP contribution in [-0.4, -0.2) is 27.0 Å². The van der Waals surface area contributed by atoms with Crippen LogP contribution in [0.2, 0.25) is 0 Å². The second-order valence-corrected chi connectivity index (χ2v) is 8.91. The highest BCUT2D eigenvalue weighted by Crippen LogP contribution is 2.32. The Morgan fingerprint density at radius 1 is 1.26 bits per heavy atom. The standard InChI is InChI=1S/C25H25F3N6O/c1-13(29)19-8-18-9-20(24(27)28)33-34(18)21-5-4-17(26)6-16(21)12-35-22-7-15(11-32-25(22)30)23(19)31-10-14-2-3-14/h4-7,9,11,14,24H,2-3,8,10,12,29H2,1H3,(H2,30,32). The molecule has 7 nitrogen and oxygen atoms in total. The number of alkyl halides is 2. The number of rotatable bonds is 3. The van der Waals surface area contributed by atoms with Gasteiger partial charge in [-0.25, -0.2) is 22.8 Å². The van der Waals surface area contributed by atoms with E-state index in [2.05, 4.69) is 10.1 Å². The Bertz CT molecular complexity index is 1340. The topological polar surface area (TPSA) is 104 Å². The van der Waals surface area contributed by atoms with E-state index in [4.69, 9.17) is 21.2 Å². The summed E-state index contributed by atoms with van der Waals surface area (Å²) in [5.41, 5.74) is 15.7. The number of benzene rings is 1. The van der Waals surface area contributed by atoms with Crippen LogP contribution in [0.15, 0.2) is 52.8 Å². The number of hydrogen-bond donors (Lipinski definition) is 2. The fourth-order valence-corrected chi connectivity index (χ4v) is 4.09. The highest BCUT2D eigenvalue weighted by molar-refractivity contribution is 6.13. The molecule has 182 valence electrons. The van der Waals surface area contributed by atoms with Crippen LogP contribution in [0, 0.1) is 11.7 Å². The molecule has 3 heterocycles. The number of aliphatic imine (C=N–C) groups is 1. The van der Waals surface area contributed by atoms with Gasteiger partial charge in [0.25, 0.3) is 6.43 Å². The highest BCUT2D eigenvalue weighted by Gasteiger charge is 2.25. The summed E-state index contributed by atoms with van der Waals surface area (Å²) in [5, 5.41) is 4.15. The summed E-state index contributed by atoms with van der Waals surface area (Å²) in [5.74, 6) is 0.494. The second-order valence-electron chi connectivity index (χ2n) is 8.91. The number of nitrogens with two attached hydrogens (primary N) is 2. The number of aromatic nitrogens is 3. The van der Waals surface area contributed by atoms with Gasteiger partial charge in [0.05, 0.1) is 11.4 Å². The van der Waals surface area contributed by atoms with Gasteiger partial charge in [-0.05, 0) is 56.0 Å². The van der Waals surface area contributed by atoms with Crippen LogP contribution < -0.4 is 16.2 Å². The fraction of sp³-hybridized carbons (Fsp3) is 0.320. The summed E-state index contributed by atoms with van der Waals surface area (Å²) in [7, 11) is 0. The van der Waals surface area contributed by atoms with Crippen molar-refractivity contribution in [1.82, 2.24) is 14.8 Å². The van der Waals surface area contributed by atoms with Gasteiger partial charge >= 0.3 is 0 Å². The SMILES string of the molecule is CC(N)=C1Cc2cc(C(F)F)nn2-c2ccc(F)cc2COc2cc(cnc2N)C1=NCC1CC1. The van der Waals surface area contributed by atoms with Crippen LogP contribution in [0.1, 0.15) is 48.7 Å². The summed E-state index contributed by atoms with van der Waals surface area (Å²) in [6.07, 6.45) is 1.23. The summed E-state index contributed by atoms with van der Waals surface area (Å²) >= 11 is 0. The second kappa shape index (κ2) is 9.09. The lowest BCUT2D eigenvalue weighted by atomic mass is 9.96. The largest absolute Gasteiger partial charge is 0.485 e. The van der Waals surface area contributed by atoms with Crippen LogP contribution in [-0.2, 0) is 13.0 Å². The molecule has 0 spiro atoms. The molecule has 0 atom stereocenters. The zero-order valence-corrected chi connectivity index (χ0v) is 19.1. The van der Waals surface area contributed by atoms with Gasteiger partial charge in [-0.3, -0.25) is 4.99 Å². The van der Waals surface area contributed by atoms with E-state index in [-0.39, 0.29) is 24.5 Å². The van der Waals surface area contributed by atoms with Gasteiger partial charge in [0.15, 0.2) is 11.6 Å². The lowest BCUT2D eigenvalue weighted by molar-refractivity contribution is 0.145. The van der Waals surface area contributed by atoms with E-state index in [1.165, 1.54) is 28.9 Å². The minimum Gasteiger partial charge on any atom is -0.485 e. The molecule has 3 aromatic rings. The lowest BCUT2D eigenvalue weighted by Crippen LogP contribution is -2.18. The van der Waals surface area contributed by atoms with Gasteiger partial charge in [0, 0.05) is 47.3 Å². The van der Waals surface area contributed by atoms with E-state index >= 15 is 0 Å². The molecule has 2 aliphatic rings. The normalized spacial score (nSPS) is 18.4. The average molecular weight is 483 g/mol. The minimum atomic E-state index is -2.78. The molecule has 0 radical (unpaired) electrons. The van der Waals surface area contributed by atoms with E-state index < -0.39 is 12.2 Å². The fourth-order valence-electron chi connectivity index (χ4n) is 4.09. The molecule has 10 heteroatoms. The van der Waals surface area contributed by atoms with Gasteiger partial charge in [0.1, 0.15) is 18.1 Å². The Morgan fingerprint density at radius 3 is 2.77 bits per heavy atom. The third-order valence-electron chi connectivity index (χ3n) is 6.16. The third-order valence-corrected chi connectivity index (χ3v) is 6.16. The zero-order valence-electron chi connectivity index (χ0n) is 19.1. The maximum absolute atomic E-state index is 14.2. The van der Waals surface area contributed by atoms with Crippen LogP contribution in [0.4, 0.5) is 19.0 Å². The summed E-state index contributed by atoms with van der Waals surface area (Å²) in [6, 6.07) is 7.11. The number of nitrogens with zero attached hydrogens (tertiary/aromatic N) is 4. The summed E-state index contributed by atoms with van der Waals surface area (Å²) in [6.45, 7) is 2.29. The molecule has 1 aliphatic heterocycles. The quantitative estimate of drug-likeness (QED) is 0.572. The van der Waals surface area contributed by atoms with Crippen molar-refractivity contribution in [3.63, 3.8) is 0 Å². The number of allylic oxidation sites excluding steroid dienone is 2. The molecule has 5 rings (SSSR count). The molecular formula is C25H25F3N6O. The average Bonchev–Trinajstić information content (AvgIpc) is 3.55. The van der Waals surface area contributed by atoms with E-state index in [1.54, 1.807) is 19.2 Å². The minimum absolute atomic E-state index is 0.0705. The van der Waals surface area contributed by atoms with Gasteiger partial charge in [-0.15, -0.1) is 0 Å². The Labute approximate surface area is 200 Å². The van der Waals surface area contributed by atoms with Crippen molar-refractivity contribution in [1.29, 1.82) is 0 Å². The molecule has 35 heavy (non-hydrogen) atoms. The Kier molecular flexibility index (Phi) is 5.96. The highest BCUT2D eigenvalue weighted by atomic mass is 19.3. The number of anilines is 1. The first-order chi connectivity index (χ1) is 16.8. The van der Waals surface area contributed by atoms with Gasteiger partial charge in [-0.1, -0.05) is 0 Å². The van der Waals surface area contributed by atoms with Crippen LogP contribution in [0.25, 0.3) is 5.69 Å². The van der Waals surface area contributed by atoms with Crippen molar-refractivity contribution in [3.05, 3.63) is 76.1 Å². The monoisotopic (exact) mass is 482 g/mol. The van der Waals surface area contributed by atoms with Crippen molar-refractivity contribution in [2.45, 2.75) is 39.2 Å². The number of ether oxygens (including phenoxy) is 1. The summed E-state index contributed by atoms with van der Waals surface area (Å²) < 4.78 is 48.9. The predicted octanol–water partition coefficient (Wildman–Crippen LogP) is 4.49. The molecular weight excluding hydrogens is 457 g/mol. The molecule has 1 aromatic carbocycles.